The molecule has 0 aliphatic rings. The molecule has 0 spiro atoms. The van der Waals surface area contributed by atoms with E-state index in [4.69, 9.17) is 12.2 Å². The molecule has 3 N–H and O–H groups in total. The topological polar surface area (TPSA) is 37.7 Å². The number of thiocarbonyl (C=S) groups is 1. The number of ether oxygens (including phenoxy) is 1. The predicted molar refractivity (Wildman–Crippen MR) is 104 cm³/mol. The molecule has 0 aliphatic carbocycles. The molecule has 0 amide bonds. The van der Waals surface area contributed by atoms with Crippen molar-refractivity contribution in [2.24, 2.45) is 0 Å². The molecule has 0 fully saturated rings. The maximum Gasteiger partial charge on any atom is 0.573 e. The monoisotopic (exact) mass is 398 g/mol. The van der Waals surface area contributed by atoms with E-state index in [1.165, 1.54) is 34.7 Å². The van der Waals surface area contributed by atoms with E-state index in [0.717, 1.165) is 6.42 Å². The molecule has 2 aromatic rings. The molecule has 0 radical (unpaired) electrons. The van der Waals surface area contributed by atoms with Crippen LogP contribution in [0.5, 0.6) is 5.75 Å². The normalized spacial score (nSPS) is 12.5. The fourth-order valence-corrected chi connectivity index (χ4v) is 2.71. The summed E-state index contributed by atoms with van der Waals surface area (Å²) in [6.07, 6.45) is -3.80. The van der Waals surface area contributed by atoms with Gasteiger partial charge in [-0.25, -0.2) is 0 Å². The van der Waals surface area contributed by atoms with Gasteiger partial charge in [0.15, 0.2) is 5.11 Å². The Morgan fingerprint density at radius 2 is 1.70 bits per heavy atom. The summed E-state index contributed by atoms with van der Waals surface area (Å²) in [5.41, 5.74) is 1.84. The molecule has 4 nitrogen and oxygen atoms in total. The minimum absolute atomic E-state index is 0.272. The first kappa shape index (κ1) is 21.0. The molecule has 2 aromatic carbocycles. The molecular weight excluding hydrogens is 375 g/mol. The molecule has 0 bridgehead atoms. The van der Waals surface area contributed by atoms with Crippen molar-refractivity contribution in [2.45, 2.75) is 18.8 Å². The average Bonchev–Trinajstić information content (AvgIpc) is 2.59. The Bertz CT molecular complexity index is 721. The van der Waals surface area contributed by atoms with Gasteiger partial charge in [0.2, 0.25) is 0 Å². The standard InChI is InChI=1S/C19H22F3N3OS/c1-25(2)16(12-14-6-4-3-5-7-14)13-23-18(27)24-15-8-10-17(11-9-15)26-19(20,21)22/h3-11,16H,12-13H2,1-2H3,(H2,23,24,27)/p+1/t16-/m1/s1. The van der Waals surface area contributed by atoms with Crippen LogP contribution in [0.25, 0.3) is 0 Å². The van der Waals surface area contributed by atoms with Crippen LogP contribution in [-0.2, 0) is 6.42 Å². The number of likely N-dealkylation sites (N-methyl/N-ethyl adjacent to an activating group) is 1. The number of anilines is 1. The Kier molecular flexibility index (Phi) is 7.44. The Balaban J connectivity index is 1.85. The van der Waals surface area contributed by atoms with Crippen LogP contribution in [0.2, 0.25) is 0 Å². The Hall–Kier alpha value is -2.32. The fourth-order valence-electron chi connectivity index (χ4n) is 2.51. The van der Waals surface area contributed by atoms with Crippen molar-refractivity contribution in [1.29, 1.82) is 0 Å². The third-order valence-electron chi connectivity index (χ3n) is 4.00. The molecule has 0 heterocycles. The molecule has 27 heavy (non-hydrogen) atoms. The molecule has 8 heteroatoms. The summed E-state index contributed by atoms with van der Waals surface area (Å²) in [6, 6.07) is 16.0. The first-order chi connectivity index (χ1) is 12.7. The molecule has 1 atom stereocenters. The molecule has 0 unspecified atom stereocenters. The minimum atomic E-state index is -4.70. The number of hydrogen-bond donors (Lipinski definition) is 3. The molecule has 146 valence electrons. The van der Waals surface area contributed by atoms with Crippen LogP contribution in [0.3, 0.4) is 0 Å². The van der Waals surface area contributed by atoms with Gasteiger partial charge < -0.3 is 20.3 Å². The third-order valence-corrected chi connectivity index (χ3v) is 4.24. The summed E-state index contributed by atoms with van der Waals surface area (Å²) in [5, 5.41) is 6.55. The van der Waals surface area contributed by atoms with Gasteiger partial charge in [-0.2, -0.15) is 0 Å². The van der Waals surface area contributed by atoms with Crippen molar-refractivity contribution in [3.8, 4) is 5.75 Å². The highest BCUT2D eigenvalue weighted by Crippen LogP contribution is 2.23. The second-order valence-electron chi connectivity index (χ2n) is 6.37. The molecule has 0 saturated carbocycles. The summed E-state index contributed by atoms with van der Waals surface area (Å²) in [7, 11) is 4.18. The van der Waals surface area contributed by atoms with Crippen molar-refractivity contribution in [1.82, 2.24) is 5.32 Å². The van der Waals surface area contributed by atoms with Crippen molar-refractivity contribution in [2.75, 3.05) is 26.0 Å². The van der Waals surface area contributed by atoms with Gasteiger partial charge in [-0.1, -0.05) is 30.3 Å². The van der Waals surface area contributed by atoms with Gasteiger partial charge in [-0.05, 0) is 42.0 Å². The zero-order chi connectivity index (χ0) is 19.9. The van der Waals surface area contributed by atoms with Gasteiger partial charge in [0.1, 0.15) is 11.8 Å². The fraction of sp³-hybridized carbons (Fsp3) is 0.316. The first-order valence-electron chi connectivity index (χ1n) is 8.47. The highest BCUT2D eigenvalue weighted by atomic mass is 32.1. The number of halogens is 3. The van der Waals surface area contributed by atoms with E-state index in [9.17, 15) is 13.2 Å². The van der Waals surface area contributed by atoms with Crippen LogP contribution < -0.4 is 20.3 Å². The highest BCUT2D eigenvalue weighted by molar-refractivity contribution is 7.80. The van der Waals surface area contributed by atoms with Gasteiger partial charge in [-0.3, -0.25) is 0 Å². The molecular formula is C19H23F3N3OS+. The SMILES string of the molecule is C[NH+](C)[C@@H](CNC(=S)Nc1ccc(OC(F)(F)F)cc1)Cc1ccccc1. The average molecular weight is 398 g/mol. The Labute approximate surface area is 162 Å². The van der Waals surface area contributed by atoms with E-state index < -0.39 is 6.36 Å². The van der Waals surface area contributed by atoms with Crippen LogP contribution in [-0.4, -0.2) is 38.2 Å². The minimum Gasteiger partial charge on any atom is -0.406 e. The van der Waals surface area contributed by atoms with Crippen molar-refractivity contribution >= 4 is 23.0 Å². The summed E-state index contributed by atoms with van der Waals surface area (Å²) in [6.45, 7) is 0.665. The van der Waals surface area contributed by atoms with Crippen LogP contribution >= 0.6 is 12.2 Å². The van der Waals surface area contributed by atoms with E-state index >= 15 is 0 Å². The third kappa shape index (κ3) is 7.84. The highest BCUT2D eigenvalue weighted by Gasteiger charge is 2.30. The van der Waals surface area contributed by atoms with Gasteiger partial charge in [0.05, 0.1) is 20.6 Å². The van der Waals surface area contributed by atoms with E-state index in [0.29, 0.717) is 23.4 Å². The summed E-state index contributed by atoms with van der Waals surface area (Å²) in [4.78, 5) is 1.29. The second kappa shape index (κ2) is 9.57. The van der Waals surface area contributed by atoms with E-state index in [1.54, 1.807) is 0 Å². The van der Waals surface area contributed by atoms with E-state index in [2.05, 4.69) is 41.6 Å². The van der Waals surface area contributed by atoms with Crippen molar-refractivity contribution in [3.63, 3.8) is 0 Å². The summed E-state index contributed by atoms with van der Waals surface area (Å²) < 4.78 is 40.4. The zero-order valence-corrected chi connectivity index (χ0v) is 16.0. The number of nitrogens with one attached hydrogen (secondary N) is 3. The lowest BCUT2D eigenvalue weighted by atomic mass is 10.1. The van der Waals surface area contributed by atoms with E-state index in [1.807, 2.05) is 18.2 Å². The first-order valence-corrected chi connectivity index (χ1v) is 8.88. The second-order valence-corrected chi connectivity index (χ2v) is 6.78. The predicted octanol–water partition coefficient (Wildman–Crippen LogP) is 2.63. The lowest BCUT2D eigenvalue weighted by Gasteiger charge is -2.23. The number of rotatable bonds is 7. The van der Waals surface area contributed by atoms with E-state index in [-0.39, 0.29) is 5.75 Å². The molecule has 2 rings (SSSR count). The number of benzene rings is 2. The van der Waals surface area contributed by atoms with Crippen molar-refractivity contribution in [3.05, 3.63) is 60.2 Å². The van der Waals surface area contributed by atoms with Crippen LogP contribution in [0, 0.1) is 0 Å². The number of quaternary nitrogens is 1. The van der Waals surface area contributed by atoms with Crippen LogP contribution in [0.1, 0.15) is 5.56 Å². The van der Waals surface area contributed by atoms with Crippen LogP contribution in [0.4, 0.5) is 18.9 Å². The summed E-state index contributed by atoms with van der Waals surface area (Å²) in [5.74, 6) is -0.272. The van der Waals surface area contributed by atoms with Gasteiger partial charge in [0, 0.05) is 12.1 Å². The maximum absolute atomic E-state index is 12.2. The number of hydrogen-bond acceptors (Lipinski definition) is 2. The molecule has 0 aromatic heterocycles. The van der Waals surface area contributed by atoms with Gasteiger partial charge >= 0.3 is 6.36 Å². The molecule has 0 aliphatic heterocycles. The van der Waals surface area contributed by atoms with Gasteiger partial charge in [0.25, 0.3) is 0 Å². The maximum atomic E-state index is 12.2. The number of alkyl halides is 3. The smallest absolute Gasteiger partial charge is 0.406 e. The Morgan fingerprint density at radius 1 is 1.07 bits per heavy atom. The lowest BCUT2D eigenvalue weighted by molar-refractivity contribution is -0.884. The van der Waals surface area contributed by atoms with Gasteiger partial charge in [-0.15, -0.1) is 13.2 Å². The largest absolute Gasteiger partial charge is 0.573 e. The molecule has 0 saturated heterocycles. The Morgan fingerprint density at radius 3 is 2.26 bits per heavy atom. The summed E-state index contributed by atoms with van der Waals surface area (Å²) >= 11 is 5.28. The zero-order valence-electron chi connectivity index (χ0n) is 15.1. The lowest BCUT2D eigenvalue weighted by Crippen LogP contribution is -3.11. The quantitative estimate of drug-likeness (QED) is 0.627. The van der Waals surface area contributed by atoms with Crippen LogP contribution in [0.15, 0.2) is 54.6 Å². The van der Waals surface area contributed by atoms with Crippen molar-refractivity contribution < 1.29 is 22.8 Å².